The predicted molar refractivity (Wildman–Crippen MR) is 207 cm³/mol. The number of rotatable bonds is 20. The molecule has 284 valence electrons. The van der Waals surface area contributed by atoms with E-state index >= 15 is 0 Å². The van der Waals surface area contributed by atoms with Crippen LogP contribution in [0.4, 0.5) is 4.39 Å². The van der Waals surface area contributed by atoms with E-state index < -0.39 is 17.0 Å². The number of alkyl halides is 1. The van der Waals surface area contributed by atoms with Gasteiger partial charge in [0.05, 0.1) is 12.7 Å². The molecule has 0 heterocycles. The molecule has 5 atom stereocenters. The summed E-state index contributed by atoms with van der Waals surface area (Å²) in [5, 5.41) is 9.81. The van der Waals surface area contributed by atoms with Crippen molar-refractivity contribution in [2.24, 2.45) is 11.8 Å². The largest absolute Gasteiger partial charge is 0.493 e. The maximum Gasteiger partial charge on any atom is 0.263 e. The Morgan fingerprint density at radius 3 is 2.45 bits per heavy atom. The monoisotopic (exact) mass is 747 g/mol. The molecule has 2 saturated carbocycles. The summed E-state index contributed by atoms with van der Waals surface area (Å²) in [6, 6.07) is 13.0. The van der Waals surface area contributed by atoms with Gasteiger partial charge in [0.25, 0.3) is 5.91 Å². The first kappa shape index (κ1) is 42.8. The molecule has 2 amide bonds. The molecule has 0 aliphatic heterocycles. The molecule has 8 nitrogen and oxygen atoms in total. The van der Waals surface area contributed by atoms with Crippen LogP contribution < -0.4 is 9.46 Å². The van der Waals surface area contributed by atoms with Gasteiger partial charge in [-0.05, 0) is 110 Å². The van der Waals surface area contributed by atoms with Gasteiger partial charge in [-0.25, -0.2) is 4.39 Å². The van der Waals surface area contributed by atoms with Crippen molar-refractivity contribution in [3.63, 3.8) is 0 Å². The number of benzene rings is 2. The standard InChI is InChI=1S/C38H53ClFN3O5S.C2H6/c1-6-9-28-22-31(39)14-18-33(28)30(25-48-32-15-11-27(12-16-32)36(45)37(46)41-49-38(40)19-20-38)24-42(3)23-29-13-17-34(29)35(47-5)10-7-8-21-43(4)26(2)44;1-2/h7,10-12,14-16,18,22,29-30,34-36,45H,6,8-9,13,17,19-21,23-25H2,1-5H3,(H,41,46);1-2H3/b10-7+;. The predicted octanol–water partition coefficient (Wildman–Crippen LogP) is 8.14. The van der Waals surface area contributed by atoms with Crippen LogP contribution in [0.1, 0.15) is 94.9 Å². The molecule has 2 N–H and O–H groups in total. The average Bonchev–Trinajstić information content (AvgIpc) is 3.86. The number of aliphatic hydroxyl groups is 1. The van der Waals surface area contributed by atoms with Crippen molar-refractivity contribution >= 4 is 35.4 Å². The van der Waals surface area contributed by atoms with E-state index in [1.807, 2.05) is 27.0 Å². The lowest BCUT2D eigenvalue weighted by molar-refractivity contribution is -0.128. The van der Waals surface area contributed by atoms with Crippen LogP contribution in [-0.4, -0.2) is 85.3 Å². The third-order valence-corrected chi connectivity index (χ3v) is 11.0. The van der Waals surface area contributed by atoms with E-state index in [4.69, 9.17) is 21.1 Å². The van der Waals surface area contributed by atoms with Crippen LogP contribution >= 0.6 is 23.5 Å². The number of amides is 2. The molecule has 2 aromatic rings. The first-order valence-corrected chi connectivity index (χ1v) is 19.6. The number of hydrogen-bond acceptors (Lipinski definition) is 7. The molecule has 2 fully saturated rings. The fraction of sp³-hybridized carbons (Fsp3) is 0.600. The van der Waals surface area contributed by atoms with Gasteiger partial charge in [0.15, 0.2) is 11.1 Å². The van der Waals surface area contributed by atoms with Crippen molar-refractivity contribution in [2.45, 2.75) is 95.8 Å². The van der Waals surface area contributed by atoms with Gasteiger partial charge in [-0.3, -0.25) is 14.3 Å². The minimum absolute atomic E-state index is 0.0474. The van der Waals surface area contributed by atoms with Crippen LogP contribution in [0.25, 0.3) is 0 Å². The van der Waals surface area contributed by atoms with Crippen LogP contribution in [0.2, 0.25) is 5.02 Å². The number of hydrogen-bond donors (Lipinski definition) is 2. The molecule has 2 aliphatic carbocycles. The Labute approximate surface area is 314 Å². The third kappa shape index (κ3) is 13.4. The van der Waals surface area contributed by atoms with E-state index in [0.29, 0.717) is 49.1 Å². The van der Waals surface area contributed by atoms with Crippen LogP contribution in [0.5, 0.6) is 5.75 Å². The van der Waals surface area contributed by atoms with Crippen LogP contribution in [-0.2, 0) is 20.7 Å². The fourth-order valence-electron chi connectivity index (χ4n) is 6.35. The van der Waals surface area contributed by atoms with Crippen molar-refractivity contribution in [1.82, 2.24) is 14.5 Å². The molecule has 4 rings (SSSR count). The number of carbonyl (C=O) groups is 2. The molecular formula is C40H59ClFN3O5S. The zero-order valence-electron chi connectivity index (χ0n) is 31.5. The Morgan fingerprint density at radius 1 is 1.16 bits per heavy atom. The first-order chi connectivity index (χ1) is 24.4. The number of likely N-dealkylation sites (N-methyl/N-ethyl adjacent to an activating group) is 1. The minimum Gasteiger partial charge on any atom is -0.493 e. The van der Waals surface area contributed by atoms with E-state index in [2.05, 4.69) is 47.9 Å². The number of aliphatic hydroxyl groups excluding tert-OH is 1. The van der Waals surface area contributed by atoms with Gasteiger partial charge in [-0.15, -0.1) is 0 Å². The van der Waals surface area contributed by atoms with E-state index in [9.17, 15) is 19.1 Å². The normalized spacial score (nSPS) is 19.4. The summed E-state index contributed by atoms with van der Waals surface area (Å²) in [7, 11) is 5.76. The second-order valence-corrected chi connectivity index (χ2v) is 15.2. The van der Waals surface area contributed by atoms with Gasteiger partial charge >= 0.3 is 0 Å². The van der Waals surface area contributed by atoms with Crippen molar-refractivity contribution < 1.29 is 28.6 Å². The number of aryl methyl sites for hydroxylation is 1. The Hall–Kier alpha value is -2.63. The van der Waals surface area contributed by atoms with Gasteiger partial charge in [-0.2, -0.15) is 0 Å². The minimum atomic E-state index is -1.40. The number of carbonyl (C=O) groups excluding carboxylic acids is 2. The number of ether oxygens (including phenoxy) is 2. The highest BCUT2D eigenvalue weighted by molar-refractivity contribution is 7.99. The quantitative estimate of drug-likeness (QED) is 0.104. The summed E-state index contributed by atoms with van der Waals surface area (Å²) in [6.07, 6.45) is 8.76. The lowest BCUT2D eigenvalue weighted by Crippen LogP contribution is -2.43. The molecule has 0 radical (unpaired) electrons. The molecule has 51 heavy (non-hydrogen) atoms. The molecular weight excluding hydrogens is 689 g/mol. The topological polar surface area (TPSA) is 91.3 Å². The van der Waals surface area contributed by atoms with Crippen LogP contribution in [0, 0.1) is 11.8 Å². The Bertz CT molecular complexity index is 1410. The molecule has 2 aliphatic rings. The molecule has 0 aromatic heterocycles. The zero-order valence-corrected chi connectivity index (χ0v) is 33.1. The molecule has 0 spiro atoms. The number of nitrogens with one attached hydrogen (secondary N) is 1. The van der Waals surface area contributed by atoms with Crippen molar-refractivity contribution in [2.75, 3.05) is 47.4 Å². The second-order valence-electron chi connectivity index (χ2n) is 13.6. The third-order valence-electron chi connectivity index (χ3n) is 9.68. The van der Waals surface area contributed by atoms with Crippen molar-refractivity contribution in [3.8, 4) is 5.75 Å². The van der Waals surface area contributed by atoms with E-state index in [0.717, 1.165) is 62.2 Å². The van der Waals surface area contributed by atoms with E-state index in [1.54, 1.807) is 43.2 Å². The van der Waals surface area contributed by atoms with Crippen molar-refractivity contribution in [3.05, 3.63) is 76.3 Å². The highest BCUT2D eigenvalue weighted by Crippen LogP contribution is 2.48. The Balaban J connectivity index is 0.00000345. The number of halogens is 2. The van der Waals surface area contributed by atoms with Crippen molar-refractivity contribution in [1.29, 1.82) is 0 Å². The lowest BCUT2D eigenvalue weighted by atomic mass is 9.70. The van der Waals surface area contributed by atoms with Gasteiger partial charge in [-0.1, -0.05) is 69.1 Å². The van der Waals surface area contributed by atoms with Gasteiger partial charge in [0.2, 0.25) is 5.91 Å². The highest BCUT2D eigenvalue weighted by atomic mass is 35.5. The van der Waals surface area contributed by atoms with Crippen LogP contribution in [0.3, 0.4) is 0 Å². The maximum atomic E-state index is 13.9. The van der Waals surface area contributed by atoms with Gasteiger partial charge in [0, 0.05) is 51.7 Å². The molecule has 0 bridgehead atoms. The lowest BCUT2D eigenvalue weighted by Gasteiger charge is -2.42. The van der Waals surface area contributed by atoms with Gasteiger partial charge in [0.1, 0.15) is 5.75 Å². The first-order valence-electron chi connectivity index (χ1n) is 18.4. The summed E-state index contributed by atoms with van der Waals surface area (Å²) in [5.41, 5.74) is 2.86. The summed E-state index contributed by atoms with van der Waals surface area (Å²) in [6.45, 7) is 10.6. The number of methoxy groups -OCH3 is 1. The van der Waals surface area contributed by atoms with Gasteiger partial charge < -0.3 is 24.4 Å². The zero-order chi connectivity index (χ0) is 37.6. The molecule has 2 aromatic carbocycles. The Morgan fingerprint density at radius 2 is 1.86 bits per heavy atom. The summed E-state index contributed by atoms with van der Waals surface area (Å²) in [5.74, 6) is 1.08. The van der Waals surface area contributed by atoms with Crippen LogP contribution in [0.15, 0.2) is 54.6 Å². The molecule has 0 saturated heterocycles. The fourth-order valence-corrected chi connectivity index (χ4v) is 7.24. The molecule has 11 heteroatoms. The second kappa shape index (κ2) is 21.2. The maximum absolute atomic E-state index is 13.9. The average molecular weight is 748 g/mol. The highest BCUT2D eigenvalue weighted by Gasteiger charge is 2.45. The molecule has 5 unspecified atom stereocenters. The summed E-state index contributed by atoms with van der Waals surface area (Å²) < 4.78 is 28.6. The summed E-state index contributed by atoms with van der Waals surface area (Å²) >= 11 is 7.16. The number of nitrogens with zero attached hydrogens (tertiary/aromatic N) is 2. The smallest absolute Gasteiger partial charge is 0.263 e. The Kier molecular flexibility index (Phi) is 17.8. The summed E-state index contributed by atoms with van der Waals surface area (Å²) in [4.78, 5) is 28.0. The SMILES string of the molecule is CC.CCCc1cc(Cl)ccc1C(COc1ccc(C(O)C(=O)NSC2(F)CC2)cc1)CN(C)CC1CCC1C(/C=C/CCN(C)C(C)=O)OC. The van der Waals surface area contributed by atoms with E-state index in [1.165, 1.54) is 11.1 Å². The van der Waals surface area contributed by atoms with E-state index in [-0.39, 0.29) is 17.9 Å².